The largest absolute Gasteiger partial charge is 0.454 e. The molecule has 120 valence electrons. The van der Waals surface area contributed by atoms with Crippen LogP contribution in [0.5, 0.6) is 11.5 Å². The summed E-state index contributed by atoms with van der Waals surface area (Å²) in [5.74, 6) is 1.66. The average Bonchev–Trinajstić information content (AvgIpc) is 2.96. The number of nitrogens with zero attached hydrogens (tertiary/aromatic N) is 3. The molecule has 2 aromatic heterocycles. The molecular formula is C20H14N3OS+. The number of ether oxygens (including phenoxy) is 1. The van der Waals surface area contributed by atoms with Crippen molar-refractivity contribution in [2.75, 3.05) is 0 Å². The van der Waals surface area contributed by atoms with Gasteiger partial charge in [-0.3, -0.25) is 0 Å². The van der Waals surface area contributed by atoms with Crippen molar-refractivity contribution in [1.82, 2.24) is 4.98 Å². The summed E-state index contributed by atoms with van der Waals surface area (Å²) in [6.07, 6.45) is 1.85. The van der Waals surface area contributed by atoms with Gasteiger partial charge < -0.3 is 9.58 Å². The highest BCUT2D eigenvalue weighted by atomic mass is 32.1. The molecule has 0 saturated carbocycles. The predicted molar refractivity (Wildman–Crippen MR) is 98.9 cm³/mol. The zero-order valence-corrected chi connectivity index (χ0v) is 14.6. The number of rotatable bonds is 1. The molecule has 0 bridgehead atoms. The second-order valence-corrected chi connectivity index (χ2v) is 7.34. The summed E-state index contributed by atoms with van der Waals surface area (Å²) in [7, 11) is 2.02. The van der Waals surface area contributed by atoms with Crippen molar-refractivity contribution < 1.29 is 9.30 Å². The molecule has 0 radical (unpaired) electrons. The Kier molecular flexibility index (Phi) is 2.88. The predicted octanol–water partition coefficient (Wildman–Crippen LogP) is 4.77. The number of benzene rings is 2. The van der Waals surface area contributed by atoms with E-state index in [0.717, 1.165) is 43.2 Å². The second kappa shape index (κ2) is 5.01. The molecule has 0 N–H and O–H groups in total. The zero-order chi connectivity index (χ0) is 17.1. The Labute approximate surface area is 148 Å². The molecule has 5 rings (SSSR count). The molecule has 1 aliphatic rings. The lowest BCUT2D eigenvalue weighted by molar-refractivity contribution is -0.662. The minimum atomic E-state index is 0.321. The fraction of sp³-hybridized carbons (Fsp3) is 0.150. The second-order valence-electron chi connectivity index (χ2n) is 6.25. The van der Waals surface area contributed by atoms with Crippen molar-refractivity contribution in [3.8, 4) is 22.8 Å². The van der Waals surface area contributed by atoms with E-state index in [1.165, 1.54) is 10.9 Å². The Balaban J connectivity index is 1.96. The number of hydrogen-bond donors (Lipinski definition) is 0. The standard InChI is InChI=1S/C20H14N3OS/c1-11-13-7-5-4-6-12(13)8-14-16(11)18-17-19(24-14)15(9-21-2)25-20(17)22-10-23(18)3/h4-8,10H,9H2,1,3H3/q+1. The van der Waals surface area contributed by atoms with Gasteiger partial charge in [-0.25, -0.2) is 11.1 Å². The number of hydrogen-bond acceptors (Lipinski definition) is 3. The summed E-state index contributed by atoms with van der Waals surface area (Å²) in [5, 5.41) is 3.42. The van der Waals surface area contributed by atoms with Crippen molar-refractivity contribution >= 4 is 32.3 Å². The number of fused-ring (bicyclic) bond motifs is 3. The zero-order valence-electron chi connectivity index (χ0n) is 13.8. The molecule has 0 unspecified atom stereocenters. The summed E-state index contributed by atoms with van der Waals surface area (Å²) in [6, 6.07) is 10.5. The Morgan fingerprint density at radius 2 is 2.16 bits per heavy atom. The molecule has 0 saturated heterocycles. The van der Waals surface area contributed by atoms with E-state index in [9.17, 15) is 0 Å². The molecule has 0 aliphatic carbocycles. The lowest BCUT2D eigenvalue weighted by Crippen LogP contribution is -2.32. The van der Waals surface area contributed by atoms with Crippen molar-refractivity contribution in [2.45, 2.75) is 13.5 Å². The van der Waals surface area contributed by atoms with Crippen LogP contribution in [0.1, 0.15) is 10.4 Å². The van der Waals surface area contributed by atoms with Crippen LogP contribution < -0.4 is 9.30 Å². The van der Waals surface area contributed by atoms with Crippen LogP contribution in [0, 0.1) is 13.5 Å². The number of thiophene rings is 1. The first-order chi connectivity index (χ1) is 12.2. The number of aryl methyl sites for hydroxylation is 2. The molecule has 0 amide bonds. The number of aromatic nitrogens is 2. The van der Waals surface area contributed by atoms with E-state index < -0.39 is 0 Å². The van der Waals surface area contributed by atoms with Crippen LogP contribution in [0.25, 0.3) is 37.1 Å². The van der Waals surface area contributed by atoms with Crippen LogP contribution in [0.2, 0.25) is 0 Å². The van der Waals surface area contributed by atoms with Gasteiger partial charge in [0.1, 0.15) is 16.0 Å². The lowest BCUT2D eigenvalue weighted by atomic mass is 9.94. The van der Waals surface area contributed by atoms with Gasteiger partial charge in [0, 0.05) is 0 Å². The van der Waals surface area contributed by atoms with E-state index in [0.29, 0.717) is 6.54 Å². The van der Waals surface area contributed by atoms with E-state index in [2.05, 4.69) is 45.6 Å². The summed E-state index contributed by atoms with van der Waals surface area (Å²) >= 11 is 1.55. The van der Waals surface area contributed by atoms with E-state index >= 15 is 0 Å². The van der Waals surface area contributed by atoms with Crippen LogP contribution in [-0.4, -0.2) is 4.98 Å². The fourth-order valence-electron chi connectivity index (χ4n) is 3.69. The SMILES string of the molecule is [C-]#[N+]Cc1sc2nc[n+](C)c3c2c1Oc1cc2ccccc2c(C)c1-3. The first-order valence-electron chi connectivity index (χ1n) is 8.03. The molecule has 25 heavy (non-hydrogen) atoms. The lowest BCUT2D eigenvalue weighted by Gasteiger charge is -2.20. The van der Waals surface area contributed by atoms with Crippen molar-refractivity contribution in [1.29, 1.82) is 0 Å². The van der Waals surface area contributed by atoms with Gasteiger partial charge >= 0.3 is 0 Å². The van der Waals surface area contributed by atoms with Gasteiger partial charge in [-0.1, -0.05) is 35.6 Å². The van der Waals surface area contributed by atoms with Gasteiger partial charge in [-0.15, -0.1) is 0 Å². The summed E-state index contributed by atoms with van der Waals surface area (Å²) in [5.41, 5.74) is 3.45. The highest BCUT2D eigenvalue weighted by Crippen LogP contribution is 2.51. The van der Waals surface area contributed by atoms with Crippen LogP contribution in [0.4, 0.5) is 0 Å². The topological polar surface area (TPSA) is 30.4 Å². The molecule has 0 spiro atoms. The first-order valence-corrected chi connectivity index (χ1v) is 8.84. The van der Waals surface area contributed by atoms with Gasteiger partial charge in [-0.2, -0.15) is 0 Å². The minimum Gasteiger partial charge on any atom is -0.454 e. The van der Waals surface area contributed by atoms with E-state index in [1.54, 1.807) is 11.3 Å². The molecule has 3 heterocycles. The molecule has 1 aliphatic heterocycles. The maximum absolute atomic E-state index is 7.24. The minimum absolute atomic E-state index is 0.321. The van der Waals surface area contributed by atoms with Gasteiger partial charge in [0.15, 0.2) is 11.4 Å². The Morgan fingerprint density at radius 1 is 1.32 bits per heavy atom. The Bertz CT molecular complexity index is 1230. The normalized spacial score (nSPS) is 12.0. The van der Waals surface area contributed by atoms with Crippen molar-refractivity contribution in [3.63, 3.8) is 0 Å². The van der Waals surface area contributed by atoms with Crippen LogP contribution in [0.3, 0.4) is 0 Å². The maximum Gasteiger partial charge on any atom is 0.288 e. The fourth-order valence-corrected chi connectivity index (χ4v) is 4.68. The summed E-state index contributed by atoms with van der Waals surface area (Å²) in [6.45, 7) is 9.70. The molecule has 5 heteroatoms. The average molecular weight is 344 g/mol. The third-order valence-electron chi connectivity index (χ3n) is 4.80. The summed E-state index contributed by atoms with van der Waals surface area (Å²) < 4.78 is 8.39. The quantitative estimate of drug-likeness (QED) is 0.324. The third kappa shape index (κ3) is 1.86. The first kappa shape index (κ1) is 14.4. The molecule has 0 fully saturated rings. The van der Waals surface area contributed by atoms with Crippen molar-refractivity contribution in [3.05, 3.63) is 58.5 Å². The van der Waals surface area contributed by atoms with Crippen molar-refractivity contribution in [2.24, 2.45) is 7.05 Å². The molecule has 4 aromatic rings. The third-order valence-corrected chi connectivity index (χ3v) is 5.86. The molecular weight excluding hydrogens is 330 g/mol. The van der Waals surface area contributed by atoms with Gasteiger partial charge in [0.25, 0.3) is 12.9 Å². The van der Waals surface area contributed by atoms with Crippen LogP contribution >= 0.6 is 11.3 Å². The molecule has 0 atom stereocenters. The highest BCUT2D eigenvalue weighted by molar-refractivity contribution is 7.19. The van der Waals surface area contributed by atoms with Crippen LogP contribution in [0.15, 0.2) is 36.7 Å². The Morgan fingerprint density at radius 3 is 3.00 bits per heavy atom. The maximum atomic E-state index is 7.24. The van der Waals surface area contributed by atoms with E-state index in [4.69, 9.17) is 11.3 Å². The van der Waals surface area contributed by atoms with Gasteiger partial charge in [0.05, 0.1) is 12.6 Å². The highest BCUT2D eigenvalue weighted by Gasteiger charge is 2.33. The van der Waals surface area contributed by atoms with Gasteiger partial charge in [-0.05, 0) is 34.3 Å². The summed E-state index contributed by atoms with van der Waals surface area (Å²) in [4.78, 5) is 9.98. The smallest absolute Gasteiger partial charge is 0.288 e. The van der Waals surface area contributed by atoms with Gasteiger partial charge in [0.2, 0.25) is 4.83 Å². The van der Waals surface area contributed by atoms with E-state index in [1.807, 2.05) is 19.4 Å². The monoisotopic (exact) mass is 344 g/mol. The molecule has 4 nitrogen and oxygen atoms in total. The van der Waals surface area contributed by atoms with E-state index in [-0.39, 0.29) is 0 Å². The Hall–Kier alpha value is -2.97. The van der Waals surface area contributed by atoms with Crippen LogP contribution in [-0.2, 0) is 13.6 Å². The molecule has 2 aromatic carbocycles.